The van der Waals surface area contributed by atoms with Crippen molar-refractivity contribution in [2.24, 2.45) is 0 Å². The second kappa shape index (κ2) is 7.81. The molecule has 0 aliphatic rings. The van der Waals surface area contributed by atoms with Crippen LogP contribution >= 0.6 is 0 Å². The standard InChI is InChI=1S/C18H24N2O3/c1-5-12(4)20-17-14-10-13(22-6-2)8-9-16(14)19-11-15(17)18(21)23-7-3/h8-12H,5-7H2,1-4H3,(H,19,20)/t12-/m0/s1. The number of pyridine rings is 1. The largest absolute Gasteiger partial charge is 0.494 e. The fourth-order valence-corrected chi connectivity index (χ4v) is 2.30. The lowest BCUT2D eigenvalue weighted by Gasteiger charge is -2.18. The van der Waals surface area contributed by atoms with E-state index in [1.54, 1.807) is 13.1 Å². The normalized spacial score (nSPS) is 12.0. The van der Waals surface area contributed by atoms with Crippen molar-refractivity contribution >= 4 is 22.6 Å². The number of nitrogens with one attached hydrogen (secondary N) is 1. The van der Waals surface area contributed by atoms with E-state index in [0.29, 0.717) is 18.8 Å². The number of rotatable bonds is 7. The Labute approximate surface area is 137 Å². The van der Waals surface area contributed by atoms with Gasteiger partial charge in [-0.25, -0.2) is 4.79 Å². The molecular formula is C18H24N2O3. The molecule has 0 saturated carbocycles. The Morgan fingerprint density at radius 2 is 2.04 bits per heavy atom. The van der Waals surface area contributed by atoms with Gasteiger partial charge in [0.15, 0.2) is 0 Å². The van der Waals surface area contributed by atoms with E-state index in [2.05, 4.69) is 24.1 Å². The molecule has 0 bridgehead atoms. The van der Waals surface area contributed by atoms with Gasteiger partial charge in [-0.1, -0.05) is 6.92 Å². The van der Waals surface area contributed by atoms with E-state index in [4.69, 9.17) is 9.47 Å². The van der Waals surface area contributed by atoms with E-state index in [-0.39, 0.29) is 12.0 Å². The molecule has 2 aromatic rings. The molecule has 0 aliphatic carbocycles. The van der Waals surface area contributed by atoms with Crippen molar-refractivity contribution in [3.8, 4) is 5.75 Å². The van der Waals surface area contributed by atoms with Gasteiger partial charge in [-0.05, 0) is 45.4 Å². The smallest absolute Gasteiger partial charge is 0.341 e. The van der Waals surface area contributed by atoms with Gasteiger partial charge in [-0.3, -0.25) is 4.98 Å². The Kier molecular flexibility index (Phi) is 5.79. The van der Waals surface area contributed by atoms with E-state index in [0.717, 1.165) is 28.8 Å². The molecule has 1 aromatic heterocycles. The fraction of sp³-hybridized carbons (Fsp3) is 0.444. The van der Waals surface area contributed by atoms with Crippen molar-refractivity contribution in [2.45, 2.75) is 40.2 Å². The lowest BCUT2D eigenvalue weighted by molar-refractivity contribution is 0.0527. The Morgan fingerprint density at radius 1 is 1.26 bits per heavy atom. The number of carbonyl (C=O) groups excluding carboxylic acids is 1. The van der Waals surface area contributed by atoms with Gasteiger partial charge >= 0.3 is 5.97 Å². The van der Waals surface area contributed by atoms with Crippen LogP contribution in [-0.4, -0.2) is 30.2 Å². The zero-order chi connectivity index (χ0) is 16.8. The lowest BCUT2D eigenvalue weighted by Crippen LogP contribution is -2.18. The molecule has 0 saturated heterocycles. The summed E-state index contributed by atoms with van der Waals surface area (Å²) >= 11 is 0. The van der Waals surface area contributed by atoms with E-state index in [1.807, 2.05) is 25.1 Å². The molecule has 1 atom stereocenters. The molecule has 5 heteroatoms. The van der Waals surface area contributed by atoms with Gasteiger partial charge in [0.1, 0.15) is 11.3 Å². The first kappa shape index (κ1) is 17.1. The fourth-order valence-electron chi connectivity index (χ4n) is 2.30. The number of nitrogens with zero attached hydrogens (tertiary/aromatic N) is 1. The number of benzene rings is 1. The van der Waals surface area contributed by atoms with Crippen LogP contribution in [0.4, 0.5) is 5.69 Å². The summed E-state index contributed by atoms with van der Waals surface area (Å²) in [5, 5.41) is 4.28. The summed E-state index contributed by atoms with van der Waals surface area (Å²) in [6.07, 6.45) is 2.52. The van der Waals surface area contributed by atoms with Crippen molar-refractivity contribution < 1.29 is 14.3 Å². The molecule has 2 rings (SSSR count). The third-order valence-corrected chi connectivity index (χ3v) is 3.65. The number of esters is 1. The second-order valence-corrected chi connectivity index (χ2v) is 5.33. The molecule has 0 aliphatic heterocycles. The van der Waals surface area contributed by atoms with Crippen LogP contribution < -0.4 is 10.1 Å². The molecule has 0 spiro atoms. The number of aromatic nitrogens is 1. The van der Waals surface area contributed by atoms with Gasteiger partial charge in [-0.2, -0.15) is 0 Å². The zero-order valence-electron chi connectivity index (χ0n) is 14.2. The van der Waals surface area contributed by atoms with E-state index >= 15 is 0 Å². The number of ether oxygens (including phenoxy) is 2. The Morgan fingerprint density at radius 3 is 2.70 bits per heavy atom. The summed E-state index contributed by atoms with van der Waals surface area (Å²) in [7, 11) is 0. The number of anilines is 1. The highest BCUT2D eigenvalue weighted by molar-refractivity contribution is 6.05. The van der Waals surface area contributed by atoms with Crippen LogP contribution in [0, 0.1) is 0 Å². The predicted octanol–water partition coefficient (Wildman–Crippen LogP) is 4.02. The Hall–Kier alpha value is -2.30. The van der Waals surface area contributed by atoms with Crippen LogP contribution in [0.1, 0.15) is 44.5 Å². The van der Waals surface area contributed by atoms with Crippen LogP contribution in [0.2, 0.25) is 0 Å². The summed E-state index contributed by atoms with van der Waals surface area (Å²) in [6, 6.07) is 5.93. The summed E-state index contributed by atoms with van der Waals surface area (Å²) in [4.78, 5) is 16.6. The number of hydrogen-bond donors (Lipinski definition) is 1. The van der Waals surface area contributed by atoms with Gasteiger partial charge in [0.2, 0.25) is 0 Å². The zero-order valence-corrected chi connectivity index (χ0v) is 14.2. The topological polar surface area (TPSA) is 60.5 Å². The minimum absolute atomic E-state index is 0.226. The average Bonchev–Trinajstić information content (AvgIpc) is 2.55. The molecular weight excluding hydrogens is 292 g/mol. The van der Waals surface area contributed by atoms with Crippen molar-refractivity contribution in [2.75, 3.05) is 18.5 Å². The van der Waals surface area contributed by atoms with Gasteiger partial charge in [0.05, 0.1) is 24.4 Å². The van der Waals surface area contributed by atoms with Crippen LogP contribution in [0.5, 0.6) is 5.75 Å². The molecule has 1 heterocycles. The highest BCUT2D eigenvalue weighted by Crippen LogP contribution is 2.30. The van der Waals surface area contributed by atoms with Gasteiger partial charge in [-0.15, -0.1) is 0 Å². The number of hydrogen-bond acceptors (Lipinski definition) is 5. The quantitative estimate of drug-likeness (QED) is 0.782. The second-order valence-electron chi connectivity index (χ2n) is 5.33. The van der Waals surface area contributed by atoms with Gasteiger partial charge in [0.25, 0.3) is 0 Å². The van der Waals surface area contributed by atoms with Crippen LogP contribution in [0.3, 0.4) is 0 Å². The monoisotopic (exact) mass is 316 g/mol. The van der Waals surface area contributed by atoms with E-state index < -0.39 is 0 Å². The van der Waals surface area contributed by atoms with Crippen molar-refractivity contribution in [1.29, 1.82) is 0 Å². The third-order valence-electron chi connectivity index (χ3n) is 3.65. The maximum atomic E-state index is 12.3. The van der Waals surface area contributed by atoms with E-state index in [9.17, 15) is 4.79 Å². The summed E-state index contributed by atoms with van der Waals surface area (Å²) in [6.45, 7) is 8.82. The molecule has 0 amide bonds. The molecule has 0 fully saturated rings. The summed E-state index contributed by atoms with van der Waals surface area (Å²) < 4.78 is 10.7. The SMILES string of the molecule is CCOC(=O)c1cnc2ccc(OCC)cc2c1N[C@@H](C)CC. The molecule has 23 heavy (non-hydrogen) atoms. The van der Waals surface area contributed by atoms with Crippen LogP contribution in [-0.2, 0) is 4.74 Å². The van der Waals surface area contributed by atoms with Crippen LogP contribution in [0.15, 0.2) is 24.4 Å². The maximum absolute atomic E-state index is 12.3. The highest BCUT2D eigenvalue weighted by Gasteiger charge is 2.18. The molecule has 0 unspecified atom stereocenters. The number of fused-ring (bicyclic) bond motifs is 1. The highest BCUT2D eigenvalue weighted by atomic mass is 16.5. The third kappa shape index (κ3) is 3.92. The average molecular weight is 316 g/mol. The van der Waals surface area contributed by atoms with Crippen molar-refractivity contribution in [3.05, 3.63) is 30.0 Å². The maximum Gasteiger partial charge on any atom is 0.341 e. The Balaban J connectivity index is 2.59. The predicted molar refractivity (Wildman–Crippen MR) is 92.2 cm³/mol. The first-order chi connectivity index (χ1) is 11.1. The first-order valence-corrected chi connectivity index (χ1v) is 8.09. The van der Waals surface area contributed by atoms with Gasteiger partial charge < -0.3 is 14.8 Å². The molecule has 1 aromatic carbocycles. The lowest BCUT2D eigenvalue weighted by atomic mass is 10.1. The first-order valence-electron chi connectivity index (χ1n) is 8.09. The van der Waals surface area contributed by atoms with Crippen LogP contribution in [0.25, 0.3) is 10.9 Å². The summed E-state index contributed by atoms with van der Waals surface area (Å²) in [5.74, 6) is 0.393. The van der Waals surface area contributed by atoms with Crippen molar-refractivity contribution in [3.63, 3.8) is 0 Å². The molecule has 0 radical (unpaired) electrons. The van der Waals surface area contributed by atoms with Gasteiger partial charge in [0, 0.05) is 17.6 Å². The number of carbonyl (C=O) groups is 1. The Bertz CT molecular complexity index is 685. The minimum atomic E-state index is -0.366. The summed E-state index contributed by atoms with van der Waals surface area (Å²) in [5.41, 5.74) is 2.02. The van der Waals surface area contributed by atoms with Crippen molar-refractivity contribution in [1.82, 2.24) is 4.98 Å². The minimum Gasteiger partial charge on any atom is -0.494 e. The molecule has 5 nitrogen and oxygen atoms in total. The molecule has 124 valence electrons. The van der Waals surface area contributed by atoms with E-state index in [1.165, 1.54) is 0 Å². The molecule has 1 N–H and O–H groups in total.